The van der Waals surface area contributed by atoms with E-state index in [2.05, 4.69) is 6.07 Å². The fourth-order valence-corrected chi connectivity index (χ4v) is 1.54. The Balaban J connectivity index is 2.22. The van der Waals surface area contributed by atoms with Gasteiger partial charge in [-0.2, -0.15) is 5.26 Å². The van der Waals surface area contributed by atoms with Crippen molar-refractivity contribution in [3.63, 3.8) is 0 Å². The minimum Gasteiger partial charge on any atom is -0.394 e. The predicted molar refractivity (Wildman–Crippen MR) is 65.4 cm³/mol. The first-order valence-electron chi connectivity index (χ1n) is 5.13. The summed E-state index contributed by atoms with van der Waals surface area (Å²) < 4.78 is 1.83. The average Bonchev–Trinajstić information content (AvgIpc) is 2.35. The van der Waals surface area contributed by atoms with Gasteiger partial charge >= 0.3 is 0 Å². The molecule has 0 aliphatic rings. The lowest BCUT2D eigenvalue weighted by atomic mass is 10.1. The Kier molecular flexibility index (Phi) is 2.93. The molecule has 0 amide bonds. The van der Waals surface area contributed by atoms with Crippen LogP contribution in [0, 0.1) is 11.3 Å². The maximum absolute atomic E-state index is 11.1. The van der Waals surface area contributed by atoms with Crippen molar-refractivity contribution in [2.45, 2.75) is 6.54 Å². The van der Waals surface area contributed by atoms with Crippen molar-refractivity contribution in [2.75, 3.05) is 5.73 Å². The van der Waals surface area contributed by atoms with Crippen LogP contribution in [-0.4, -0.2) is 4.57 Å². The maximum Gasteiger partial charge on any atom is 0.204 e. The normalized spacial score (nSPS) is 9.82. The zero-order valence-corrected chi connectivity index (χ0v) is 9.13. The fourth-order valence-electron chi connectivity index (χ4n) is 1.54. The van der Waals surface area contributed by atoms with Crippen LogP contribution in [-0.2, 0) is 6.54 Å². The summed E-state index contributed by atoms with van der Waals surface area (Å²) in [4.78, 5) is 11.1. The van der Waals surface area contributed by atoms with Gasteiger partial charge in [0, 0.05) is 25.0 Å². The third kappa shape index (κ3) is 2.52. The number of benzene rings is 1. The third-order valence-electron chi connectivity index (χ3n) is 2.45. The molecule has 2 rings (SSSR count). The first-order valence-corrected chi connectivity index (χ1v) is 5.13. The van der Waals surface area contributed by atoms with Crippen molar-refractivity contribution in [1.82, 2.24) is 4.57 Å². The smallest absolute Gasteiger partial charge is 0.204 e. The number of anilines is 1. The van der Waals surface area contributed by atoms with Crippen molar-refractivity contribution in [1.29, 1.82) is 5.26 Å². The number of nitrogens with two attached hydrogens (primary N) is 1. The molecule has 0 fully saturated rings. The minimum absolute atomic E-state index is 0.166. The quantitative estimate of drug-likeness (QED) is 0.838. The van der Waals surface area contributed by atoms with Crippen LogP contribution in [0.15, 0.2) is 47.5 Å². The van der Waals surface area contributed by atoms with E-state index in [1.165, 1.54) is 6.07 Å². The lowest BCUT2D eigenvalue weighted by Crippen LogP contribution is -2.11. The molecule has 2 aromatic rings. The van der Waals surface area contributed by atoms with Crippen LogP contribution in [0.5, 0.6) is 0 Å². The highest BCUT2D eigenvalue weighted by Gasteiger charge is 1.97. The van der Waals surface area contributed by atoms with E-state index in [1.54, 1.807) is 24.5 Å². The molecular formula is C13H11N3O. The molecule has 84 valence electrons. The van der Waals surface area contributed by atoms with E-state index in [9.17, 15) is 4.79 Å². The monoisotopic (exact) mass is 225 g/mol. The van der Waals surface area contributed by atoms with Gasteiger partial charge in [0.05, 0.1) is 17.3 Å². The van der Waals surface area contributed by atoms with Crippen molar-refractivity contribution >= 4 is 5.69 Å². The van der Waals surface area contributed by atoms with E-state index in [0.717, 1.165) is 5.56 Å². The number of pyridine rings is 1. The van der Waals surface area contributed by atoms with E-state index >= 15 is 0 Å². The van der Waals surface area contributed by atoms with Crippen LogP contribution in [0.25, 0.3) is 0 Å². The SMILES string of the molecule is N#Cc1ccc(Cn2ccc(=O)c(N)c2)cc1. The molecule has 17 heavy (non-hydrogen) atoms. The molecule has 0 atom stereocenters. The van der Waals surface area contributed by atoms with Crippen LogP contribution in [0.4, 0.5) is 5.69 Å². The zero-order chi connectivity index (χ0) is 12.3. The summed E-state index contributed by atoms with van der Waals surface area (Å²) in [6.07, 6.45) is 3.30. The highest BCUT2D eigenvalue weighted by molar-refractivity contribution is 5.35. The summed E-state index contributed by atoms with van der Waals surface area (Å²) in [7, 11) is 0. The van der Waals surface area contributed by atoms with E-state index < -0.39 is 0 Å². The average molecular weight is 225 g/mol. The van der Waals surface area contributed by atoms with E-state index in [1.807, 2.05) is 16.7 Å². The Morgan fingerprint density at radius 2 is 1.94 bits per heavy atom. The molecule has 0 radical (unpaired) electrons. The summed E-state index contributed by atoms with van der Waals surface area (Å²) >= 11 is 0. The molecule has 0 unspecified atom stereocenters. The van der Waals surface area contributed by atoms with Gasteiger partial charge in [-0.15, -0.1) is 0 Å². The van der Waals surface area contributed by atoms with Gasteiger partial charge in [0.15, 0.2) is 0 Å². The molecule has 4 heteroatoms. The van der Waals surface area contributed by atoms with Crippen LogP contribution in [0.3, 0.4) is 0 Å². The summed E-state index contributed by atoms with van der Waals surface area (Å²) in [5.74, 6) is 0. The highest BCUT2D eigenvalue weighted by atomic mass is 16.1. The van der Waals surface area contributed by atoms with Crippen molar-refractivity contribution in [2.24, 2.45) is 0 Å². The predicted octanol–water partition coefficient (Wildman–Crippen LogP) is 1.35. The van der Waals surface area contributed by atoms with Gasteiger partial charge in [0.2, 0.25) is 5.43 Å². The molecule has 0 aliphatic carbocycles. The maximum atomic E-state index is 11.1. The van der Waals surface area contributed by atoms with Gasteiger partial charge in [0.1, 0.15) is 0 Å². The minimum atomic E-state index is -0.166. The Bertz CT molecular complexity index is 620. The largest absolute Gasteiger partial charge is 0.394 e. The molecule has 4 nitrogen and oxygen atoms in total. The van der Waals surface area contributed by atoms with E-state index in [4.69, 9.17) is 11.0 Å². The molecule has 1 aromatic heterocycles. The second-order valence-corrected chi connectivity index (χ2v) is 3.75. The van der Waals surface area contributed by atoms with Crippen molar-refractivity contribution in [3.05, 3.63) is 64.1 Å². The van der Waals surface area contributed by atoms with Gasteiger partial charge in [-0.3, -0.25) is 4.79 Å². The molecule has 2 N–H and O–H groups in total. The number of aromatic nitrogens is 1. The van der Waals surface area contributed by atoms with Crippen molar-refractivity contribution in [3.8, 4) is 6.07 Å². The van der Waals surface area contributed by atoms with Crippen LogP contribution in [0.1, 0.15) is 11.1 Å². The Morgan fingerprint density at radius 1 is 1.24 bits per heavy atom. The Morgan fingerprint density at radius 3 is 2.53 bits per heavy atom. The number of hydrogen-bond acceptors (Lipinski definition) is 3. The van der Waals surface area contributed by atoms with Gasteiger partial charge < -0.3 is 10.3 Å². The standard InChI is InChI=1S/C13H11N3O/c14-7-10-1-3-11(4-2-10)8-16-6-5-13(17)12(15)9-16/h1-6,9H,8,15H2. The topological polar surface area (TPSA) is 71.8 Å². The van der Waals surface area contributed by atoms with Crippen LogP contribution in [0.2, 0.25) is 0 Å². The summed E-state index contributed by atoms with van der Waals surface area (Å²) in [6, 6.07) is 10.8. The molecule has 0 saturated heterocycles. The van der Waals surface area contributed by atoms with Gasteiger partial charge in [-0.05, 0) is 17.7 Å². The molecule has 0 bridgehead atoms. The second kappa shape index (κ2) is 4.54. The Hall–Kier alpha value is -2.54. The number of nitriles is 1. The Labute approximate surface area is 98.5 Å². The van der Waals surface area contributed by atoms with Gasteiger partial charge in [-0.25, -0.2) is 0 Å². The zero-order valence-electron chi connectivity index (χ0n) is 9.13. The third-order valence-corrected chi connectivity index (χ3v) is 2.45. The summed E-state index contributed by atoms with van der Waals surface area (Å²) in [6.45, 7) is 0.621. The second-order valence-electron chi connectivity index (χ2n) is 3.75. The number of hydrogen-bond donors (Lipinski definition) is 1. The highest BCUT2D eigenvalue weighted by Crippen LogP contribution is 2.06. The molecule has 0 aliphatic heterocycles. The fraction of sp³-hybridized carbons (Fsp3) is 0.0769. The first kappa shape index (κ1) is 11.0. The number of rotatable bonds is 2. The lowest BCUT2D eigenvalue weighted by molar-refractivity contribution is 0.791. The van der Waals surface area contributed by atoms with E-state index in [0.29, 0.717) is 12.1 Å². The van der Waals surface area contributed by atoms with E-state index in [-0.39, 0.29) is 11.1 Å². The summed E-state index contributed by atoms with van der Waals surface area (Å²) in [5.41, 5.74) is 7.30. The van der Waals surface area contributed by atoms with Crippen LogP contribution >= 0.6 is 0 Å². The van der Waals surface area contributed by atoms with Crippen LogP contribution < -0.4 is 11.2 Å². The molecule has 1 aromatic carbocycles. The van der Waals surface area contributed by atoms with Gasteiger partial charge in [-0.1, -0.05) is 12.1 Å². The van der Waals surface area contributed by atoms with Crippen molar-refractivity contribution < 1.29 is 0 Å². The molecule has 0 saturated carbocycles. The summed E-state index contributed by atoms with van der Waals surface area (Å²) in [5, 5.41) is 8.68. The molecular weight excluding hydrogens is 214 g/mol. The first-order chi connectivity index (χ1) is 8.19. The number of nitrogen functional groups attached to an aromatic ring is 1. The number of nitrogens with zero attached hydrogens (tertiary/aromatic N) is 2. The molecule has 0 spiro atoms. The lowest BCUT2D eigenvalue weighted by Gasteiger charge is -2.06. The van der Waals surface area contributed by atoms with Gasteiger partial charge in [0.25, 0.3) is 0 Å². The molecule has 1 heterocycles.